The number of ether oxygens (including phenoxy) is 1. The smallest absolute Gasteiger partial charge is 0.131 e. The van der Waals surface area contributed by atoms with Crippen molar-refractivity contribution in [2.45, 2.75) is 13.2 Å². The van der Waals surface area contributed by atoms with E-state index in [-0.39, 0.29) is 12.4 Å². The molecule has 2 nitrogen and oxygen atoms in total. The summed E-state index contributed by atoms with van der Waals surface area (Å²) in [6.45, 7) is 5.30. The molecule has 0 saturated heterocycles. The van der Waals surface area contributed by atoms with E-state index >= 15 is 0 Å². The summed E-state index contributed by atoms with van der Waals surface area (Å²) in [4.78, 5) is 0. The van der Waals surface area contributed by atoms with Crippen LogP contribution in [0, 0.1) is 5.82 Å². The molecular formula is C17H17ClFNO. The fraction of sp³-hybridized carbons (Fsp3) is 0.176. The maximum atomic E-state index is 13.6. The van der Waals surface area contributed by atoms with Crippen molar-refractivity contribution in [1.82, 2.24) is 5.32 Å². The van der Waals surface area contributed by atoms with E-state index in [2.05, 4.69) is 11.9 Å². The minimum atomic E-state index is -0.354. The Hall–Kier alpha value is -1.84. The van der Waals surface area contributed by atoms with Crippen molar-refractivity contribution < 1.29 is 9.13 Å². The summed E-state index contributed by atoms with van der Waals surface area (Å²) in [7, 11) is 0. The van der Waals surface area contributed by atoms with Crippen LogP contribution in [0.5, 0.6) is 5.75 Å². The second-order valence-corrected chi connectivity index (χ2v) is 4.96. The van der Waals surface area contributed by atoms with Crippen molar-refractivity contribution in [3.05, 3.63) is 77.1 Å². The van der Waals surface area contributed by atoms with Gasteiger partial charge >= 0.3 is 0 Å². The zero-order chi connectivity index (χ0) is 15.1. The minimum absolute atomic E-state index is 0.111. The lowest BCUT2D eigenvalue weighted by atomic mass is 10.2. The summed E-state index contributed by atoms with van der Waals surface area (Å²) in [5, 5.41) is 3.59. The van der Waals surface area contributed by atoms with Gasteiger partial charge in [-0.3, -0.25) is 0 Å². The molecule has 0 aliphatic rings. The molecule has 2 aromatic rings. The van der Waals surface area contributed by atoms with Gasteiger partial charge in [0.25, 0.3) is 0 Å². The highest BCUT2D eigenvalue weighted by molar-refractivity contribution is 6.31. The summed E-state index contributed by atoms with van der Waals surface area (Å²) in [6.07, 6.45) is 1.82. The van der Waals surface area contributed by atoms with Crippen LogP contribution in [0.25, 0.3) is 0 Å². The van der Waals surface area contributed by atoms with Gasteiger partial charge in [0.1, 0.15) is 18.2 Å². The molecule has 0 atom stereocenters. The number of rotatable bonds is 7. The largest absolute Gasteiger partial charge is 0.489 e. The zero-order valence-electron chi connectivity index (χ0n) is 11.6. The fourth-order valence-electron chi connectivity index (χ4n) is 1.85. The summed E-state index contributed by atoms with van der Waals surface area (Å²) < 4.78 is 19.2. The molecule has 1 N–H and O–H groups in total. The van der Waals surface area contributed by atoms with Crippen LogP contribution in [-0.2, 0) is 13.2 Å². The lowest BCUT2D eigenvalue weighted by Gasteiger charge is -2.09. The molecule has 0 saturated carbocycles. The maximum absolute atomic E-state index is 13.6. The predicted octanol–water partition coefficient (Wildman–Crippen LogP) is 4.33. The third-order valence-electron chi connectivity index (χ3n) is 2.99. The van der Waals surface area contributed by atoms with Gasteiger partial charge < -0.3 is 10.1 Å². The zero-order valence-corrected chi connectivity index (χ0v) is 12.4. The molecule has 2 aromatic carbocycles. The third kappa shape index (κ3) is 4.59. The first-order valence-electron chi connectivity index (χ1n) is 6.67. The van der Waals surface area contributed by atoms with Gasteiger partial charge in [0.2, 0.25) is 0 Å². The van der Waals surface area contributed by atoms with Gasteiger partial charge in [0.05, 0.1) is 5.02 Å². The SMILES string of the molecule is C=CCNCc1ccc(OCc2c(F)cccc2Cl)cc1. The quantitative estimate of drug-likeness (QED) is 0.607. The van der Waals surface area contributed by atoms with Crippen LogP contribution in [0.4, 0.5) is 4.39 Å². The number of halogens is 2. The van der Waals surface area contributed by atoms with Crippen LogP contribution < -0.4 is 10.1 Å². The van der Waals surface area contributed by atoms with E-state index in [0.717, 1.165) is 18.7 Å². The van der Waals surface area contributed by atoms with Gasteiger partial charge in [-0.2, -0.15) is 0 Å². The Labute approximate surface area is 129 Å². The molecule has 0 fully saturated rings. The molecule has 0 radical (unpaired) electrons. The average molecular weight is 306 g/mol. The Morgan fingerprint density at radius 1 is 1.19 bits per heavy atom. The summed E-state index contributed by atoms with van der Waals surface area (Å²) in [5.41, 5.74) is 1.52. The molecule has 4 heteroatoms. The van der Waals surface area contributed by atoms with E-state index in [1.54, 1.807) is 12.1 Å². The van der Waals surface area contributed by atoms with Gasteiger partial charge in [0, 0.05) is 18.7 Å². The van der Waals surface area contributed by atoms with Gasteiger partial charge in [-0.15, -0.1) is 6.58 Å². The lowest BCUT2D eigenvalue weighted by Crippen LogP contribution is -2.12. The Kier molecular flexibility index (Phi) is 5.78. The van der Waals surface area contributed by atoms with Crippen molar-refractivity contribution >= 4 is 11.6 Å². The Balaban J connectivity index is 1.93. The van der Waals surface area contributed by atoms with Crippen LogP contribution in [0.3, 0.4) is 0 Å². The first kappa shape index (κ1) is 15.5. The van der Waals surface area contributed by atoms with Crippen molar-refractivity contribution in [3.8, 4) is 5.75 Å². The topological polar surface area (TPSA) is 21.3 Å². The molecule has 0 bridgehead atoms. The van der Waals surface area contributed by atoms with E-state index in [4.69, 9.17) is 16.3 Å². The molecular weight excluding hydrogens is 289 g/mol. The van der Waals surface area contributed by atoms with Crippen molar-refractivity contribution in [1.29, 1.82) is 0 Å². The summed E-state index contributed by atoms with van der Waals surface area (Å²) >= 11 is 5.96. The average Bonchev–Trinajstić information content (AvgIpc) is 2.48. The molecule has 0 spiro atoms. The molecule has 0 amide bonds. The molecule has 0 aliphatic carbocycles. The Bertz CT molecular complexity index is 578. The maximum Gasteiger partial charge on any atom is 0.131 e. The first-order valence-corrected chi connectivity index (χ1v) is 7.04. The van der Waals surface area contributed by atoms with E-state index in [1.165, 1.54) is 6.07 Å². The molecule has 0 aromatic heterocycles. The molecule has 21 heavy (non-hydrogen) atoms. The highest BCUT2D eigenvalue weighted by atomic mass is 35.5. The highest BCUT2D eigenvalue weighted by Crippen LogP contribution is 2.21. The molecule has 0 heterocycles. The van der Waals surface area contributed by atoms with E-state index in [0.29, 0.717) is 16.3 Å². The summed E-state index contributed by atoms with van der Waals surface area (Å²) in [5.74, 6) is 0.328. The van der Waals surface area contributed by atoms with Gasteiger partial charge in [-0.25, -0.2) is 4.39 Å². The fourth-order valence-corrected chi connectivity index (χ4v) is 2.07. The normalized spacial score (nSPS) is 10.4. The van der Waals surface area contributed by atoms with Gasteiger partial charge in [0.15, 0.2) is 0 Å². The predicted molar refractivity (Wildman–Crippen MR) is 84.1 cm³/mol. The van der Waals surface area contributed by atoms with Crippen LogP contribution in [0.2, 0.25) is 5.02 Å². The molecule has 110 valence electrons. The Morgan fingerprint density at radius 2 is 1.95 bits per heavy atom. The molecule has 0 unspecified atom stereocenters. The van der Waals surface area contributed by atoms with Gasteiger partial charge in [-0.05, 0) is 29.8 Å². The number of hydrogen-bond donors (Lipinski definition) is 1. The minimum Gasteiger partial charge on any atom is -0.489 e. The number of hydrogen-bond acceptors (Lipinski definition) is 2. The second kappa shape index (κ2) is 7.81. The van der Waals surface area contributed by atoms with Crippen molar-refractivity contribution in [2.75, 3.05) is 6.54 Å². The van der Waals surface area contributed by atoms with Crippen LogP contribution in [0.15, 0.2) is 55.1 Å². The second-order valence-electron chi connectivity index (χ2n) is 4.55. The van der Waals surface area contributed by atoms with Crippen LogP contribution >= 0.6 is 11.6 Å². The van der Waals surface area contributed by atoms with Crippen molar-refractivity contribution in [3.63, 3.8) is 0 Å². The van der Waals surface area contributed by atoms with Crippen LogP contribution in [-0.4, -0.2) is 6.54 Å². The standard InChI is InChI=1S/C17H17ClFNO/c1-2-10-20-11-13-6-8-14(9-7-13)21-12-15-16(18)4-3-5-17(15)19/h2-9,20H,1,10-12H2. The van der Waals surface area contributed by atoms with Crippen LogP contribution in [0.1, 0.15) is 11.1 Å². The van der Waals surface area contributed by atoms with E-state index < -0.39 is 0 Å². The first-order chi connectivity index (χ1) is 10.2. The van der Waals surface area contributed by atoms with Crippen molar-refractivity contribution in [2.24, 2.45) is 0 Å². The third-order valence-corrected chi connectivity index (χ3v) is 3.34. The monoisotopic (exact) mass is 305 g/mol. The van der Waals surface area contributed by atoms with Gasteiger partial charge in [-0.1, -0.05) is 35.9 Å². The highest BCUT2D eigenvalue weighted by Gasteiger charge is 2.07. The molecule has 2 rings (SSSR count). The van der Waals surface area contributed by atoms with E-state index in [9.17, 15) is 4.39 Å². The lowest BCUT2D eigenvalue weighted by molar-refractivity contribution is 0.300. The summed E-state index contributed by atoms with van der Waals surface area (Å²) in [6, 6.07) is 12.3. The number of nitrogens with one attached hydrogen (secondary N) is 1. The number of benzene rings is 2. The van der Waals surface area contributed by atoms with E-state index in [1.807, 2.05) is 30.3 Å². The molecule has 0 aliphatic heterocycles. The Morgan fingerprint density at radius 3 is 2.62 bits per heavy atom.